The van der Waals surface area contributed by atoms with Gasteiger partial charge in [-0.2, -0.15) is 0 Å². The average Bonchev–Trinajstić information content (AvgIpc) is 3.43. The third-order valence-electron chi connectivity index (χ3n) is 8.55. The van der Waals surface area contributed by atoms with E-state index in [0.29, 0.717) is 19.5 Å². The normalized spacial score (nSPS) is 14.9. The number of carbonyl (C=O) groups excluding carboxylic acids is 3. The number of benzene rings is 3. The number of aromatic nitrogens is 2. The van der Waals surface area contributed by atoms with Crippen LogP contribution in [-0.4, -0.2) is 62.6 Å². The van der Waals surface area contributed by atoms with Gasteiger partial charge in [0.2, 0.25) is 11.8 Å². The van der Waals surface area contributed by atoms with Crippen molar-refractivity contribution in [3.63, 3.8) is 0 Å². The van der Waals surface area contributed by atoms with Crippen LogP contribution in [0.2, 0.25) is 0 Å². The van der Waals surface area contributed by atoms with Gasteiger partial charge in [0, 0.05) is 24.7 Å². The third kappa shape index (κ3) is 8.58. The number of ether oxygens (including phenoxy) is 1. The Balaban J connectivity index is 1.30. The Morgan fingerprint density at radius 2 is 1.49 bits per heavy atom. The molecule has 1 aromatic heterocycles. The molecule has 1 aliphatic heterocycles. The SMILES string of the molecule is CC(C)(C)OC(=O)NC(C)(C)C(=O)N[C@H](CCCc1ccccc1)C(=O)N1CCC(n2c(-c3ccccc3)nc3ccccc32)CC1. The van der Waals surface area contributed by atoms with Crippen LogP contribution in [0.1, 0.15) is 71.9 Å². The van der Waals surface area contributed by atoms with Crippen molar-refractivity contribution in [3.8, 4) is 11.4 Å². The predicted octanol–water partition coefficient (Wildman–Crippen LogP) is 6.68. The number of alkyl carbamates (subject to hydrolysis) is 1. The molecule has 2 N–H and O–H groups in total. The number of nitrogens with zero attached hydrogens (tertiary/aromatic N) is 3. The Labute approximate surface area is 277 Å². The number of amides is 3. The summed E-state index contributed by atoms with van der Waals surface area (Å²) < 4.78 is 7.71. The molecule has 9 heteroatoms. The zero-order valence-corrected chi connectivity index (χ0v) is 28.2. The number of rotatable bonds is 10. The molecule has 5 rings (SSSR count). The minimum atomic E-state index is -1.29. The van der Waals surface area contributed by atoms with E-state index in [1.54, 1.807) is 34.6 Å². The fraction of sp³-hybridized carbons (Fsp3) is 0.421. The van der Waals surface area contributed by atoms with E-state index in [1.165, 1.54) is 5.56 Å². The van der Waals surface area contributed by atoms with Gasteiger partial charge in [0.15, 0.2) is 0 Å². The molecule has 1 aliphatic rings. The van der Waals surface area contributed by atoms with Crippen LogP contribution in [0.5, 0.6) is 0 Å². The lowest BCUT2D eigenvalue weighted by Crippen LogP contribution is -2.60. The lowest BCUT2D eigenvalue weighted by atomic mass is 9.98. The maximum absolute atomic E-state index is 14.1. The van der Waals surface area contributed by atoms with Crippen LogP contribution in [0.25, 0.3) is 22.4 Å². The molecule has 3 amide bonds. The monoisotopic (exact) mass is 637 g/mol. The molecule has 9 nitrogen and oxygen atoms in total. The molecular weight excluding hydrogens is 590 g/mol. The highest BCUT2D eigenvalue weighted by molar-refractivity contribution is 5.93. The van der Waals surface area contributed by atoms with E-state index >= 15 is 0 Å². The van der Waals surface area contributed by atoms with Gasteiger partial charge in [0.25, 0.3) is 0 Å². The predicted molar refractivity (Wildman–Crippen MR) is 185 cm³/mol. The van der Waals surface area contributed by atoms with Crippen molar-refractivity contribution < 1.29 is 19.1 Å². The number of piperidine rings is 1. The van der Waals surface area contributed by atoms with Gasteiger partial charge in [0.05, 0.1) is 11.0 Å². The molecule has 47 heavy (non-hydrogen) atoms. The number of likely N-dealkylation sites (tertiary alicyclic amines) is 1. The van der Waals surface area contributed by atoms with Gasteiger partial charge in [-0.15, -0.1) is 0 Å². The third-order valence-corrected chi connectivity index (χ3v) is 8.55. The summed E-state index contributed by atoms with van der Waals surface area (Å²) in [5, 5.41) is 5.65. The minimum absolute atomic E-state index is 0.100. The van der Waals surface area contributed by atoms with Crippen LogP contribution < -0.4 is 10.6 Å². The van der Waals surface area contributed by atoms with E-state index in [-0.39, 0.29) is 11.9 Å². The first kappa shape index (κ1) is 33.7. The molecule has 0 aliphatic carbocycles. The Morgan fingerprint density at radius 1 is 0.872 bits per heavy atom. The van der Waals surface area contributed by atoms with Gasteiger partial charge < -0.3 is 24.8 Å². The Kier molecular flexibility index (Phi) is 10.3. The smallest absolute Gasteiger partial charge is 0.408 e. The first-order valence-corrected chi connectivity index (χ1v) is 16.6. The van der Waals surface area contributed by atoms with Gasteiger partial charge in [-0.25, -0.2) is 9.78 Å². The lowest BCUT2D eigenvalue weighted by molar-refractivity contribution is -0.139. The Bertz CT molecular complexity index is 1670. The van der Waals surface area contributed by atoms with Crippen molar-refractivity contribution in [2.45, 2.75) is 89.9 Å². The molecule has 2 heterocycles. The number of imidazole rings is 1. The first-order valence-electron chi connectivity index (χ1n) is 16.6. The quantitative estimate of drug-likeness (QED) is 0.202. The van der Waals surface area contributed by atoms with E-state index in [0.717, 1.165) is 48.1 Å². The zero-order chi connectivity index (χ0) is 33.6. The van der Waals surface area contributed by atoms with Crippen LogP contribution in [0.15, 0.2) is 84.9 Å². The number of hydrogen-bond donors (Lipinski definition) is 2. The van der Waals surface area contributed by atoms with Crippen molar-refractivity contribution in [1.29, 1.82) is 0 Å². The maximum Gasteiger partial charge on any atom is 0.408 e. The molecule has 248 valence electrons. The van der Waals surface area contributed by atoms with E-state index in [4.69, 9.17) is 9.72 Å². The molecule has 0 saturated carbocycles. The first-order chi connectivity index (χ1) is 22.4. The molecule has 0 spiro atoms. The van der Waals surface area contributed by atoms with Gasteiger partial charge in [-0.05, 0) is 84.4 Å². The zero-order valence-electron chi connectivity index (χ0n) is 28.2. The van der Waals surface area contributed by atoms with Crippen molar-refractivity contribution in [1.82, 2.24) is 25.1 Å². The molecule has 0 unspecified atom stereocenters. The molecule has 1 saturated heterocycles. The van der Waals surface area contributed by atoms with E-state index in [2.05, 4.69) is 45.5 Å². The minimum Gasteiger partial charge on any atom is -0.444 e. The van der Waals surface area contributed by atoms with Gasteiger partial charge >= 0.3 is 6.09 Å². The van der Waals surface area contributed by atoms with Crippen molar-refractivity contribution >= 4 is 28.9 Å². The summed E-state index contributed by atoms with van der Waals surface area (Å²) in [5.41, 5.74) is 2.29. The second kappa shape index (κ2) is 14.4. The van der Waals surface area contributed by atoms with E-state index in [1.807, 2.05) is 59.5 Å². The van der Waals surface area contributed by atoms with Crippen LogP contribution in [0.3, 0.4) is 0 Å². The summed E-state index contributed by atoms with van der Waals surface area (Å²) in [6.45, 7) is 9.65. The number of para-hydroxylation sites is 2. The average molecular weight is 638 g/mol. The van der Waals surface area contributed by atoms with Gasteiger partial charge in [-0.3, -0.25) is 9.59 Å². The van der Waals surface area contributed by atoms with Gasteiger partial charge in [-0.1, -0.05) is 72.8 Å². The number of fused-ring (bicyclic) bond motifs is 1. The number of aryl methyl sites for hydroxylation is 1. The summed E-state index contributed by atoms with van der Waals surface area (Å²) in [7, 11) is 0. The van der Waals surface area contributed by atoms with E-state index in [9.17, 15) is 14.4 Å². The largest absolute Gasteiger partial charge is 0.444 e. The molecule has 4 aromatic rings. The molecule has 1 atom stereocenters. The summed E-state index contributed by atoms with van der Waals surface area (Å²) in [4.78, 5) is 47.0. The lowest BCUT2D eigenvalue weighted by Gasteiger charge is -2.36. The van der Waals surface area contributed by atoms with E-state index < -0.39 is 29.2 Å². The summed E-state index contributed by atoms with van der Waals surface area (Å²) in [5.74, 6) is 0.396. The molecular formula is C38H47N5O4. The van der Waals surface area contributed by atoms with Crippen molar-refractivity contribution in [3.05, 3.63) is 90.5 Å². The fourth-order valence-corrected chi connectivity index (χ4v) is 6.14. The van der Waals surface area contributed by atoms with Crippen LogP contribution >= 0.6 is 0 Å². The molecule has 0 radical (unpaired) electrons. The Hall–Kier alpha value is -4.66. The second-order valence-electron chi connectivity index (χ2n) is 13.9. The van der Waals surface area contributed by atoms with Crippen LogP contribution in [0, 0.1) is 0 Å². The van der Waals surface area contributed by atoms with Crippen LogP contribution in [-0.2, 0) is 20.7 Å². The van der Waals surface area contributed by atoms with Crippen molar-refractivity contribution in [2.75, 3.05) is 13.1 Å². The number of nitrogens with one attached hydrogen (secondary N) is 2. The van der Waals surface area contributed by atoms with Crippen molar-refractivity contribution in [2.24, 2.45) is 0 Å². The van der Waals surface area contributed by atoms with Crippen LogP contribution in [0.4, 0.5) is 4.79 Å². The highest BCUT2D eigenvalue weighted by Gasteiger charge is 2.36. The molecule has 1 fully saturated rings. The summed E-state index contributed by atoms with van der Waals surface area (Å²) in [6.07, 6.45) is 2.83. The Morgan fingerprint density at radius 3 is 2.15 bits per heavy atom. The topological polar surface area (TPSA) is 106 Å². The molecule has 3 aromatic carbocycles. The summed E-state index contributed by atoms with van der Waals surface area (Å²) >= 11 is 0. The maximum atomic E-state index is 14.1. The van der Waals surface area contributed by atoms with Gasteiger partial charge in [0.1, 0.15) is 23.0 Å². The highest BCUT2D eigenvalue weighted by Crippen LogP contribution is 2.33. The number of carbonyl (C=O) groups is 3. The number of hydrogen-bond acceptors (Lipinski definition) is 5. The molecule has 0 bridgehead atoms. The standard InChI is InChI=1S/C38H47N5O4/c1-37(2,3)47-36(46)41-38(4,5)35(45)40-31(21-14-17-27-15-8-6-9-16-27)34(44)42-25-23-29(24-26-42)43-32-22-13-12-20-30(32)39-33(43)28-18-10-7-11-19-28/h6-13,15-16,18-20,22,29,31H,14,17,21,23-26H2,1-5H3,(H,40,45)(H,41,46)/t31-/m1/s1. The fourth-order valence-electron chi connectivity index (χ4n) is 6.14. The highest BCUT2D eigenvalue weighted by atomic mass is 16.6. The summed E-state index contributed by atoms with van der Waals surface area (Å²) in [6, 6.07) is 28.0. The second-order valence-corrected chi connectivity index (χ2v) is 13.9.